The summed E-state index contributed by atoms with van der Waals surface area (Å²) in [5, 5.41) is 9.36. The van der Waals surface area contributed by atoms with Gasteiger partial charge in [-0.05, 0) is 90.3 Å². The van der Waals surface area contributed by atoms with E-state index in [2.05, 4.69) is 83.1 Å². The van der Waals surface area contributed by atoms with Gasteiger partial charge in [-0.25, -0.2) is 34.6 Å². The Morgan fingerprint density at radius 2 is 1.01 bits per heavy atom. The molecule has 0 aliphatic heterocycles. The van der Waals surface area contributed by atoms with Crippen LogP contribution in [0.25, 0.3) is 53.7 Å². The molecule has 18 nitrogen and oxygen atoms in total. The summed E-state index contributed by atoms with van der Waals surface area (Å²) in [5.74, 6) is 1.82. The number of hydrogen-bond acceptors (Lipinski definition) is 14. The zero-order valence-electron chi connectivity index (χ0n) is 49.0. The van der Waals surface area contributed by atoms with Crippen molar-refractivity contribution in [1.29, 1.82) is 0 Å². The number of nitrogens with two attached hydrogens (primary N) is 4. The SMILES string of the molecule is CCC[CH2][Sn]([CH2]CCC)([CH2]CCC)[c]1ccnc(N)c1.[C-]#[N+]c1cnc(N)nc1N[C@@H](C)c1cc2cccc(-c3ccnc(N)c3)c2c(=O)n1-c1ccccc1.[C-]#[N+]c1cnc(N)nc1N[C@@H](C)c1cc2cccc(Cl)c2c(=O)n1-c1ccccc1. The second-order valence-corrected chi connectivity index (χ2v) is 34.6. The summed E-state index contributed by atoms with van der Waals surface area (Å²) in [6, 6.07) is 41.0. The van der Waals surface area contributed by atoms with Crippen molar-refractivity contribution in [1.82, 2.24) is 39.0 Å². The molecule has 0 bridgehead atoms. The number of hydrogen-bond donors (Lipinski definition) is 6. The van der Waals surface area contributed by atoms with Crippen molar-refractivity contribution in [3.63, 3.8) is 0 Å². The molecule has 0 saturated heterocycles. The van der Waals surface area contributed by atoms with Gasteiger partial charge in [0, 0.05) is 41.4 Å². The van der Waals surface area contributed by atoms with E-state index in [-0.39, 0.29) is 40.4 Å². The molecule has 20 heteroatoms. The smallest absolute Gasteiger partial charge is 0.264 e. The van der Waals surface area contributed by atoms with Crippen LogP contribution in [0.4, 0.5) is 46.5 Å². The predicted molar refractivity (Wildman–Crippen MR) is 354 cm³/mol. The third kappa shape index (κ3) is 14.7. The molecule has 10 N–H and O–H groups in total. The molecule has 0 amide bonds. The summed E-state index contributed by atoms with van der Waals surface area (Å²) in [6.07, 6.45) is 14.4. The minimum atomic E-state index is -2.26. The third-order valence-corrected chi connectivity index (χ3v) is 31.0. The molecule has 0 saturated carbocycles. The van der Waals surface area contributed by atoms with Crippen LogP contribution >= 0.6 is 11.6 Å². The molecule has 0 aliphatic rings. The fraction of sp³-hybridized carbons (Fsp3) is 0.242. The molecule has 0 aliphatic carbocycles. The number of pyridine rings is 4. The molecule has 0 unspecified atom stereocenters. The number of nitrogens with zero attached hydrogens (tertiary/aromatic N) is 10. The average Bonchev–Trinajstić information content (AvgIpc) is 1.26. The molecule has 0 fully saturated rings. The number of fused-ring (bicyclic) bond motifs is 2. The van der Waals surface area contributed by atoms with Gasteiger partial charge in [-0.2, -0.15) is 0 Å². The molecule has 0 spiro atoms. The van der Waals surface area contributed by atoms with Crippen molar-refractivity contribution in [2.75, 3.05) is 33.6 Å². The number of unbranched alkanes of at least 4 members (excludes halogenated alkanes) is 3. The minimum absolute atomic E-state index is 0.0531. The second-order valence-electron chi connectivity index (χ2n) is 21.0. The maximum absolute atomic E-state index is 14.2. The van der Waals surface area contributed by atoms with Crippen LogP contribution in [0.3, 0.4) is 0 Å². The molecule has 4 aromatic carbocycles. The molecule has 10 aromatic rings. The Morgan fingerprint density at radius 3 is 1.48 bits per heavy atom. The molecule has 438 valence electrons. The van der Waals surface area contributed by atoms with E-state index >= 15 is 0 Å². The normalized spacial score (nSPS) is 11.7. The van der Waals surface area contributed by atoms with Gasteiger partial charge in [0.2, 0.25) is 23.3 Å². The summed E-state index contributed by atoms with van der Waals surface area (Å²) in [5.41, 5.74) is 27.8. The molecule has 6 aromatic heterocycles. The van der Waals surface area contributed by atoms with Gasteiger partial charge in [-0.3, -0.25) is 18.7 Å². The zero-order chi connectivity index (χ0) is 61.3. The molecular formula is C66H71ClN16O2Sn. The van der Waals surface area contributed by atoms with Crippen molar-refractivity contribution < 1.29 is 0 Å². The quantitative estimate of drug-likeness (QED) is 0.0325. The van der Waals surface area contributed by atoms with E-state index in [0.29, 0.717) is 61.8 Å². The van der Waals surface area contributed by atoms with E-state index in [1.165, 1.54) is 64.2 Å². The predicted octanol–water partition coefficient (Wildman–Crippen LogP) is 14.2. The molecule has 10 rings (SSSR count). The number of nitrogen functional groups attached to an aromatic ring is 4. The molecule has 86 heavy (non-hydrogen) atoms. The first kappa shape index (κ1) is 62.7. The van der Waals surface area contributed by atoms with Crippen molar-refractivity contribution in [2.24, 2.45) is 0 Å². The Balaban J connectivity index is 0.000000175. The average molecular weight is 1270 g/mol. The number of nitrogens with one attached hydrogen (secondary N) is 2. The molecule has 0 radical (unpaired) electrons. The number of aromatic nitrogens is 8. The number of anilines is 6. The van der Waals surface area contributed by atoms with Crippen LogP contribution in [0.1, 0.15) is 96.6 Å². The van der Waals surface area contributed by atoms with Gasteiger partial charge in [-0.1, -0.05) is 78.3 Å². The van der Waals surface area contributed by atoms with E-state index in [9.17, 15) is 9.59 Å². The van der Waals surface area contributed by atoms with Crippen LogP contribution in [-0.4, -0.2) is 57.4 Å². The van der Waals surface area contributed by atoms with E-state index in [1.807, 2.05) is 123 Å². The maximum atomic E-state index is 14.2. The van der Waals surface area contributed by atoms with Crippen molar-refractivity contribution in [2.45, 2.75) is 98.5 Å². The fourth-order valence-electron chi connectivity index (χ4n) is 10.7. The Kier molecular flexibility index (Phi) is 21.4. The first-order valence-corrected chi connectivity index (χ1v) is 36.6. The van der Waals surface area contributed by atoms with Gasteiger partial charge in [0.15, 0.2) is 0 Å². The Labute approximate surface area is 510 Å². The minimum Gasteiger partial charge on any atom is -0.384 e. The monoisotopic (exact) mass is 1270 g/mol. The third-order valence-electron chi connectivity index (χ3n) is 15.1. The van der Waals surface area contributed by atoms with Gasteiger partial charge in [-0.15, -0.1) is 0 Å². The van der Waals surface area contributed by atoms with Crippen molar-refractivity contribution in [3.05, 3.63) is 218 Å². The van der Waals surface area contributed by atoms with Gasteiger partial charge in [0.1, 0.15) is 17.5 Å². The summed E-state index contributed by atoms with van der Waals surface area (Å²) >= 11 is 4.09. The molecular weight excluding hydrogens is 1200 g/mol. The van der Waals surface area contributed by atoms with E-state index in [1.54, 1.807) is 37.1 Å². The zero-order valence-corrected chi connectivity index (χ0v) is 52.6. The number of para-hydroxylation sites is 2. The van der Waals surface area contributed by atoms with Crippen molar-refractivity contribution >= 4 is 102 Å². The van der Waals surface area contributed by atoms with Crippen LogP contribution in [0, 0.1) is 13.1 Å². The van der Waals surface area contributed by atoms with E-state index < -0.39 is 24.4 Å². The first-order valence-electron chi connectivity index (χ1n) is 28.7. The standard InChI is InChI=1S/C27H22N8O.C22H17ClN6O.C5H5N2.3C4H9.Sn/c1-16(33-25-21(30-2)15-32-27(29)34-25)22-13-18-7-6-10-20(17-11-12-31-23(28)14-17)24(18)26(36)35(22)19-8-4-3-5-9-19;1-13(27-20-17(25-2)12-26-22(24)28-20)18-11-14-7-6-10-16(23)19(14)21(30)29(18)15-8-4-3-5-9-15;6-5-3-1-2-4-7-5;3*1-3-4-2;/h3-16H,1H3,(H2,28,31)(H3,29,32,33,34);3-13H,1H3,(H3,24,26,27,28);2-4H,(H2,6,7);3*1,3-4H2,2H3;/t16-;13-;;;;;/m00...../s1. The van der Waals surface area contributed by atoms with Crippen LogP contribution in [0.15, 0.2) is 168 Å². The number of rotatable bonds is 19. The Bertz CT molecular complexity index is 4170. The Hall–Kier alpha value is -9.37. The van der Waals surface area contributed by atoms with Crippen LogP contribution in [-0.2, 0) is 0 Å². The summed E-state index contributed by atoms with van der Waals surface area (Å²) in [4.78, 5) is 58.9. The maximum Gasteiger partial charge on any atom is 0.264 e. The number of halogens is 1. The Morgan fingerprint density at radius 1 is 0.558 bits per heavy atom. The second kappa shape index (κ2) is 29.4. The van der Waals surface area contributed by atoms with Gasteiger partial charge in [0.05, 0.1) is 41.0 Å². The van der Waals surface area contributed by atoms with Gasteiger partial charge < -0.3 is 27.8 Å². The van der Waals surface area contributed by atoms with Crippen LogP contribution in [0.2, 0.25) is 18.3 Å². The molecule has 2 atom stereocenters. The van der Waals surface area contributed by atoms with Crippen molar-refractivity contribution in [3.8, 4) is 22.5 Å². The summed E-state index contributed by atoms with van der Waals surface area (Å²) < 4.78 is 9.41. The van der Waals surface area contributed by atoms with Gasteiger partial charge in [0.25, 0.3) is 11.1 Å². The first-order chi connectivity index (χ1) is 41.6. The largest absolute Gasteiger partial charge is 0.384 e. The topological polar surface area (TPSA) is 258 Å². The fourth-order valence-corrected chi connectivity index (χ4v) is 27.0. The van der Waals surface area contributed by atoms with Gasteiger partial charge >= 0.3 is 129 Å². The van der Waals surface area contributed by atoms with E-state index in [4.69, 9.17) is 47.7 Å². The van der Waals surface area contributed by atoms with E-state index in [0.717, 1.165) is 21.9 Å². The van der Waals surface area contributed by atoms with Crippen LogP contribution < -0.4 is 48.3 Å². The van der Waals surface area contributed by atoms with Crippen LogP contribution in [0.5, 0.6) is 0 Å². The summed E-state index contributed by atoms with van der Waals surface area (Å²) in [6.45, 7) is 25.5. The molecule has 6 heterocycles. The summed E-state index contributed by atoms with van der Waals surface area (Å²) in [7, 11) is 0. The number of benzene rings is 4.